The fourth-order valence-corrected chi connectivity index (χ4v) is 4.88. The molecule has 1 heterocycles. The van der Waals surface area contributed by atoms with Crippen molar-refractivity contribution in [2.24, 2.45) is 5.14 Å². The first-order chi connectivity index (χ1) is 16.6. The smallest absolute Gasteiger partial charge is 0.265 e. The van der Waals surface area contributed by atoms with Gasteiger partial charge in [0.15, 0.2) is 0 Å². The largest absolute Gasteiger partial charge is 0.321 e. The quantitative estimate of drug-likeness (QED) is 0.229. The lowest BCUT2D eigenvalue weighted by Gasteiger charge is -2.11. The highest BCUT2D eigenvalue weighted by Crippen LogP contribution is 2.39. The van der Waals surface area contributed by atoms with Crippen molar-refractivity contribution >= 4 is 44.7 Å². The van der Waals surface area contributed by atoms with Gasteiger partial charge in [-0.2, -0.15) is 0 Å². The molecular formula is C25H23ClN4O4S. The Hall–Kier alpha value is -3.50. The van der Waals surface area contributed by atoms with Crippen LogP contribution < -0.4 is 21.3 Å². The van der Waals surface area contributed by atoms with Crippen LogP contribution in [0, 0.1) is 13.8 Å². The Morgan fingerprint density at radius 3 is 2.57 bits per heavy atom. The van der Waals surface area contributed by atoms with Crippen molar-refractivity contribution in [2.45, 2.75) is 18.7 Å². The van der Waals surface area contributed by atoms with E-state index in [0.29, 0.717) is 5.57 Å². The first-order valence-corrected chi connectivity index (χ1v) is 12.6. The molecule has 180 valence electrons. The lowest BCUT2D eigenvalue weighted by atomic mass is 9.93. The summed E-state index contributed by atoms with van der Waals surface area (Å²) >= 11 is 5.86. The first kappa shape index (κ1) is 24.6. The minimum atomic E-state index is -4.08. The maximum absolute atomic E-state index is 12.7. The van der Waals surface area contributed by atoms with E-state index in [2.05, 4.69) is 22.2 Å². The lowest BCUT2D eigenvalue weighted by molar-refractivity contribution is -0.110. The third kappa shape index (κ3) is 5.13. The highest BCUT2D eigenvalue weighted by Gasteiger charge is 2.27. The maximum atomic E-state index is 12.7. The number of nitrogens with two attached hydrogens (primary N) is 1. The summed E-state index contributed by atoms with van der Waals surface area (Å²) in [7, 11) is -4.08. The van der Waals surface area contributed by atoms with Crippen LogP contribution in [0.15, 0.2) is 65.6 Å². The molecule has 1 aliphatic rings. The van der Waals surface area contributed by atoms with E-state index in [9.17, 15) is 18.0 Å². The van der Waals surface area contributed by atoms with Crippen LogP contribution in [0.2, 0.25) is 5.02 Å². The monoisotopic (exact) mass is 510 g/mol. The van der Waals surface area contributed by atoms with Gasteiger partial charge in [-0.15, -0.1) is 0 Å². The van der Waals surface area contributed by atoms with Gasteiger partial charge in [0.1, 0.15) is 4.90 Å². The molecule has 0 atom stereocenters. The Morgan fingerprint density at radius 2 is 1.86 bits per heavy atom. The number of rotatable bonds is 6. The fraction of sp³-hybridized carbons (Fsp3) is 0.120. The second-order valence-electron chi connectivity index (χ2n) is 8.12. The Kier molecular flexibility index (Phi) is 6.77. The summed E-state index contributed by atoms with van der Waals surface area (Å²) in [6.07, 6.45) is 1.68. The number of sulfonamides is 1. The normalized spacial score (nSPS) is 14.1. The van der Waals surface area contributed by atoms with Crippen LogP contribution in [-0.2, 0) is 14.8 Å². The van der Waals surface area contributed by atoms with Gasteiger partial charge in [0, 0.05) is 28.9 Å². The molecule has 3 aromatic rings. The molecule has 8 nitrogen and oxygen atoms in total. The van der Waals surface area contributed by atoms with Gasteiger partial charge in [-0.1, -0.05) is 48.0 Å². The maximum Gasteiger partial charge on any atom is 0.265 e. The number of halogens is 1. The van der Waals surface area contributed by atoms with Crippen molar-refractivity contribution < 1.29 is 18.0 Å². The van der Waals surface area contributed by atoms with Gasteiger partial charge in [-0.05, 0) is 60.4 Å². The second kappa shape index (κ2) is 9.63. The molecule has 0 fully saturated rings. The van der Waals surface area contributed by atoms with Gasteiger partial charge in [0.2, 0.25) is 10.0 Å². The molecule has 10 heteroatoms. The number of primary sulfonamides is 1. The topological polar surface area (TPSA) is 130 Å². The minimum Gasteiger partial charge on any atom is -0.321 e. The molecule has 0 saturated heterocycles. The Labute approximate surface area is 208 Å². The number of fused-ring (bicyclic) bond motifs is 1. The summed E-state index contributed by atoms with van der Waals surface area (Å²) in [6, 6.07) is 15.6. The molecule has 3 aromatic carbocycles. The second-order valence-corrected chi connectivity index (χ2v) is 10.1. The summed E-state index contributed by atoms with van der Waals surface area (Å²) < 4.78 is 23.3. The van der Waals surface area contributed by atoms with Crippen LogP contribution in [0.4, 0.5) is 5.69 Å². The number of hydrazine groups is 1. The van der Waals surface area contributed by atoms with E-state index in [1.807, 2.05) is 44.2 Å². The average molecular weight is 511 g/mol. The SMILES string of the molecule is Cc1ccc(-c2cccc3c2C(=CCNNC(=O)c2ccc(Cl)c(S(N)(=O)=O)c2)C(=O)N3)cc1C. The van der Waals surface area contributed by atoms with Crippen LogP contribution in [0.3, 0.4) is 0 Å². The molecule has 35 heavy (non-hydrogen) atoms. The predicted molar refractivity (Wildman–Crippen MR) is 136 cm³/mol. The number of carbonyl (C=O) groups is 2. The Bertz CT molecular complexity index is 1500. The molecule has 0 spiro atoms. The third-order valence-electron chi connectivity index (χ3n) is 5.75. The van der Waals surface area contributed by atoms with Crippen LogP contribution in [0.5, 0.6) is 0 Å². The number of carbonyl (C=O) groups excluding carboxylic acids is 2. The molecule has 4 rings (SSSR count). The van der Waals surface area contributed by atoms with Gasteiger partial charge in [0.25, 0.3) is 11.8 Å². The first-order valence-electron chi connectivity index (χ1n) is 10.6. The van der Waals surface area contributed by atoms with E-state index >= 15 is 0 Å². The summed E-state index contributed by atoms with van der Waals surface area (Å²) in [5.41, 5.74) is 11.5. The van der Waals surface area contributed by atoms with E-state index in [1.165, 1.54) is 17.7 Å². The molecule has 0 aromatic heterocycles. The average Bonchev–Trinajstić information content (AvgIpc) is 3.13. The number of hydrogen-bond acceptors (Lipinski definition) is 5. The van der Waals surface area contributed by atoms with Crippen molar-refractivity contribution in [3.05, 3.63) is 87.9 Å². The van der Waals surface area contributed by atoms with Crippen LogP contribution >= 0.6 is 11.6 Å². The Balaban J connectivity index is 1.52. The fourth-order valence-electron chi connectivity index (χ4n) is 3.81. The molecule has 0 unspecified atom stereocenters. The van der Waals surface area contributed by atoms with Gasteiger partial charge < -0.3 is 5.32 Å². The van der Waals surface area contributed by atoms with Crippen LogP contribution in [-0.4, -0.2) is 26.8 Å². The van der Waals surface area contributed by atoms with Gasteiger partial charge in [-0.25, -0.2) is 19.0 Å². The zero-order valence-electron chi connectivity index (χ0n) is 19.0. The van der Waals surface area contributed by atoms with Crippen LogP contribution in [0.1, 0.15) is 27.0 Å². The number of benzene rings is 3. The lowest BCUT2D eigenvalue weighted by Crippen LogP contribution is -2.37. The third-order valence-corrected chi connectivity index (χ3v) is 7.15. The molecule has 0 bridgehead atoms. The number of anilines is 1. The predicted octanol–water partition coefficient (Wildman–Crippen LogP) is 3.54. The molecule has 2 amide bonds. The van der Waals surface area contributed by atoms with Crippen molar-refractivity contribution in [1.82, 2.24) is 10.9 Å². The molecule has 0 radical (unpaired) electrons. The number of nitrogens with one attached hydrogen (secondary N) is 3. The molecular weight excluding hydrogens is 488 g/mol. The van der Waals surface area contributed by atoms with Crippen LogP contribution in [0.25, 0.3) is 16.7 Å². The summed E-state index contributed by atoms with van der Waals surface area (Å²) in [6.45, 7) is 4.23. The van der Waals surface area contributed by atoms with Gasteiger partial charge in [0.05, 0.1) is 5.02 Å². The van der Waals surface area contributed by atoms with Gasteiger partial charge >= 0.3 is 0 Å². The van der Waals surface area contributed by atoms with E-state index < -0.39 is 15.9 Å². The van der Waals surface area contributed by atoms with E-state index in [-0.39, 0.29) is 27.9 Å². The summed E-state index contributed by atoms with van der Waals surface area (Å²) in [4.78, 5) is 24.8. The molecule has 5 N–H and O–H groups in total. The number of hydrogen-bond donors (Lipinski definition) is 4. The summed E-state index contributed by atoms with van der Waals surface area (Å²) in [5, 5.41) is 7.94. The standard InChI is InChI=1S/C25H23ClN4O4S/c1-14-6-7-16(12-15(14)2)18-4-3-5-21-23(18)19(25(32)29-21)10-11-28-30-24(31)17-8-9-20(26)22(13-17)35(27,33)34/h3-10,12-13,28H,11H2,1-2H3,(H,29,32)(H,30,31)(H2,27,33,34). The molecule has 0 aliphatic carbocycles. The molecule has 1 aliphatic heterocycles. The van der Waals surface area contributed by atoms with Crippen molar-refractivity contribution in [1.29, 1.82) is 0 Å². The van der Waals surface area contributed by atoms with E-state index in [4.69, 9.17) is 16.7 Å². The van der Waals surface area contributed by atoms with Gasteiger partial charge in [-0.3, -0.25) is 15.0 Å². The van der Waals surface area contributed by atoms with Crippen molar-refractivity contribution in [3.63, 3.8) is 0 Å². The van der Waals surface area contributed by atoms with Crippen molar-refractivity contribution in [2.75, 3.05) is 11.9 Å². The zero-order valence-corrected chi connectivity index (χ0v) is 20.5. The van der Waals surface area contributed by atoms with E-state index in [1.54, 1.807) is 6.08 Å². The zero-order chi connectivity index (χ0) is 25.3. The molecule has 0 saturated carbocycles. The minimum absolute atomic E-state index is 0.0551. The Morgan fingerprint density at radius 1 is 1.09 bits per heavy atom. The number of aryl methyl sites for hydroxylation is 2. The summed E-state index contributed by atoms with van der Waals surface area (Å²) in [5.74, 6) is -0.822. The van der Waals surface area contributed by atoms with E-state index in [0.717, 1.165) is 34.0 Å². The highest BCUT2D eigenvalue weighted by molar-refractivity contribution is 7.89. The number of amides is 2. The highest BCUT2D eigenvalue weighted by atomic mass is 35.5. The van der Waals surface area contributed by atoms with Crippen molar-refractivity contribution in [3.8, 4) is 11.1 Å².